The van der Waals surface area contributed by atoms with E-state index in [2.05, 4.69) is 77.7 Å². The van der Waals surface area contributed by atoms with E-state index in [1.165, 1.54) is 24.3 Å². The van der Waals surface area contributed by atoms with E-state index in [4.69, 9.17) is 9.47 Å². The summed E-state index contributed by atoms with van der Waals surface area (Å²) >= 11 is 1.84. The topological polar surface area (TPSA) is 149 Å². The van der Waals surface area contributed by atoms with Gasteiger partial charge in [0, 0.05) is 74.3 Å². The lowest BCUT2D eigenvalue weighted by Gasteiger charge is -2.40. The summed E-state index contributed by atoms with van der Waals surface area (Å²) in [5, 5.41) is 22.2. The van der Waals surface area contributed by atoms with Gasteiger partial charge >= 0.3 is 12.2 Å². The van der Waals surface area contributed by atoms with Gasteiger partial charge in [-0.25, -0.2) is 9.59 Å². The number of likely N-dealkylation sites (tertiary alicyclic amines) is 1. The van der Waals surface area contributed by atoms with Crippen molar-refractivity contribution in [3.05, 3.63) is 188 Å². The summed E-state index contributed by atoms with van der Waals surface area (Å²) in [6, 6.07) is 42.9. The second-order valence-corrected chi connectivity index (χ2v) is 16.3. The van der Waals surface area contributed by atoms with Crippen molar-refractivity contribution >= 4 is 35.3 Å². The van der Waals surface area contributed by atoms with Crippen LogP contribution in [-0.2, 0) is 27.4 Å². The van der Waals surface area contributed by atoms with Crippen LogP contribution in [0.5, 0.6) is 0 Å². The maximum atomic E-state index is 14.1. The highest BCUT2D eigenvalue weighted by Crippen LogP contribution is 2.52. The van der Waals surface area contributed by atoms with Crippen LogP contribution in [0.15, 0.2) is 140 Å². The molecule has 59 heavy (non-hydrogen) atoms. The van der Waals surface area contributed by atoms with E-state index in [-0.39, 0.29) is 41.9 Å². The lowest BCUT2D eigenvalue weighted by atomic mass is 9.84. The molecule has 0 N–H and O–H groups in total. The van der Waals surface area contributed by atoms with Crippen LogP contribution in [0.2, 0.25) is 0 Å². The number of nitro benzene ring substituents is 2. The Morgan fingerprint density at radius 3 is 1.51 bits per heavy atom. The Bertz CT molecular complexity index is 2120. The molecule has 2 heterocycles. The molecule has 13 nitrogen and oxygen atoms in total. The molecule has 2 aliphatic rings. The van der Waals surface area contributed by atoms with Crippen molar-refractivity contribution in [1.82, 2.24) is 14.7 Å². The number of non-ortho nitro benzene ring substituents is 2. The molecule has 0 saturated carbocycles. The standard InChI is InChI=1S/C45H45N5O8S/c1-33-28-46(25-26-47(33)43(51)57-31-34-17-21-39(22-18-34)49(53)54)29-41-27-42(30-48(41)44(52)58-32-35-19-23-40(24-20-35)50(55)56)59-45(36-11-5-2-6-12-36,37-13-7-3-8-14-37)38-15-9-4-10-16-38/h2-24,33,41-42H,25-32H2,1H3. The van der Waals surface area contributed by atoms with Crippen LogP contribution in [0.3, 0.4) is 0 Å². The van der Waals surface area contributed by atoms with Crippen LogP contribution in [-0.4, -0.2) is 86.8 Å². The molecule has 7 rings (SSSR count). The van der Waals surface area contributed by atoms with Crippen LogP contribution in [0, 0.1) is 20.2 Å². The molecule has 304 valence electrons. The smallest absolute Gasteiger partial charge is 0.410 e. The molecule has 3 unspecified atom stereocenters. The van der Waals surface area contributed by atoms with E-state index in [0.717, 1.165) is 16.7 Å². The van der Waals surface area contributed by atoms with Crippen molar-refractivity contribution in [3.63, 3.8) is 0 Å². The zero-order valence-electron chi connectivity index (χ0n) is 32.6. The van der Waals surface area contributed by atoms with E-state index >= 15 is 0 Å². The van der Waals surface area contributed by atoms with Gasteiger partial charge in [-0.05, 0) is 65.4 Å². The third-order valence-electron chi connectivity index (χ3n) is 10.9. The molecule has 5 aromatic rings. The van der Waals surface area contributed by atoms with Gasteiger partial charge in [0.1, 0.15) is 13.2 Å². The van der Waals surface area contributed by atoms with E-state index in [9.17, 15) is 29.8 Å². The third kappa shape index (κ3) is 9.56. The van der Waals surface area contributed by atoms with Gasteiger partial charge in [-0.2, -0.15) is 0 Å². The number of piperazine rings is 1. The number of nitro groups is 2. The number of ether oxygens (including phenoxy) is 2. The molecule has 0 spiro atoms. The van der Waals surface area contributed by atoms with E-state index in [1.807, 2.05) is 41.8 Å². The molecule has 14 heteroatoms. The molecule has 5 aromatic carbocycles. The molecular formula is C45H45N5O8S. The molecule has 2 fully saturated rings. The van der Waals surface area contributed by atoms with Crippen molar-refractivity contribution in [2.45, 2.75) is 48.6 Å². The van der Waals surface area contributed by atoms with Gasteiger partial charge in [-0.3, -0.25) is 25.1 Å². The van der Waals surface area contributed by atoms with E-state index in [1.54, 1.807) is 29.2 Å². The minimum Gasteiger partial charge on any atom is -0.445 e. The Hall–Kier alpha value is -6.25. The average molecular weight is 816 g/mol. The van der Waals surface area contributed by atoms with Crippen molar-refractivity contribution in [2.75, 3.05) is 32.7 Å². The minimum atomic E-state index is -0.591. The normalized spacial score (nSPS) is 18.3. The van der Waals surface area contributed by atoms with Crippen LogP contribution < -0.4 is 0 Å². The number of carbonyl (C=O) groups is 2. The van der Waals surface area contributed by atoms with Gasteiger partial charge in [-0.15, -0.1) is 11.8 Å². The number of hydrogen-bond donors (Lipinski definition) is 0. The Morgan fingerprint density at radius 1 is 0.644 bits per heavy atom. The fraction of sp³-hybridized carbons (Fsp3) is 0.289. The van der Waals surface area contributed by atoms with Gasteiger partial charge in [-0.1, -0.05) is 91.0 Å². The zero-order chi connectivity index (χ0) is 41.4. The number of hydrogen-bond acceptors (Lipinski definition) is 10. The highest BCUT2D eigenvalue weighted by Gasteiger charge is 2.45. The van der Waals surface area contributed by atoms with Gasteiger partial charge < -0.3 is 19.3 Å². The summed E-state index contributed by atoms with van der Waals surface area (Å²) in [7, 11) is 0. The molecule has 0 aliphatic carbocycles. The highest BCUT2D eigenvalue weighted by molar-refractivity contribution is 8.01. The summed E-state index contributed by atoms with van der Waals surface area (Å²) in [5.41, 5.74) is 4.62. The second-order valence-electron chi connectivity index (χ2n) is 14.8. The number of amides is 2. The first-order valence-electron chi connectivity index (χ1n) is 19.5. The maximum Gasteiger partial charge on any atom is 0.410 e. The number of carbonyl (C=O) groups excluding carboxylic acids is 2. The Labute approximate surface area is 346 Å². The molecule has 0 bridgehead atoms. The lowest BCUT2D eigenvalue weighted by molar-refractivity contribution is -0.385. The first-order valence-corrected chi connectivity index (χ1v) is 20.4. The maximum absolute atomic E-state index is 14.1. The predicted octanol–water partition coefficient (Wildman–Crippen LogP) is 8.65. The Morgan fingerprint density at radius 2 is 1.08 bits per heavy atom. The van der Waals surface area contributed by atoms with Crippen LogP contribution in [0.25, 0.3) is 0 Å². The summed E-state index contributed by atoms with van der Waals surface area (Å²) in [5.74, 6) is 0. The highest BCUT2D eigenvalue weighted by atomic mass is 32.2. The number of nitrogens with zero attached hydrogens (tertiary/aromatic N) is 5. The second kappa shape index (κ2) is 18.6. The Balaban J connectivity index is 1.09. The largest absolute Gasteiger partial charge is 0.445 e. The molecule has 0 radical (unpaired) electrons. The fourth-order valence-corrected chi connectivity index (χ4v) is 9.85. The van der Waals surface area contributed by atoms with Crippen LogP contribution >= 0.6 is 11.8 Å². The van der Waals surface area contributed by atoms with Crippen molar-refractivity contribution < 1.29 is 28.9 Å². The number of benzene rings is 5. The van der Waals surface area contributed by atoms with Crippen molar-refractivity contribution in [3.8, 4) is 0 Å². The van der Waals surface area contributed by atoms with Gasteiger partial charge in [0.15, 0.2) is 0 Å². The first kappa shape index (κ1) is 40.9. The number of rotatable bonds is 13. The third-order valence-corrected chi connectivity index (χ3v) is 12.7. The zero-order valence-corrected chi connectivity index (χ0v) is 33.4. The lowest BCUT2D eigenvalue weighted by Crippen LogP contribution is -2.56. The monoisotopic (exact) mass is 815 g/mol. The number of thioether (sulfide) groups is 1. The van der Waals surface area contributed by atoms with Crippen molar-refractivity contribution in [1.29, 1.82) is 0 Å². The summed E-state index contributed by atoms with van der Waals surface area (Å²) in [6.07, 6.45) is -0.219. The molecule has 2 aliphatic heterocycles. The molecule has 0 aromatic heterocycles. The van der Waals surface area contributed by atoms with Gasteiger partial charge in [0.05, 0.1) is 14.6 Å². The average Bonchev–Trinajstić information content (AvgIpc) is 3.66. The first-order chi connectivity index (χ1) is 28.6. The summed E-state index contributed by atoms with van der Waals surface area (Å²) in [6.45, 7) is 4.50. The van der Waals surface area contributed by atoms with E-state index in [0.29, 0.717) is 50.3 Å². The minimum absolute atomic E-state index is 0.000606. The molecule has 2 saturated heterocycles. The van der Waals surface area contributed by atoms with Gasteiger partial charge in [0.25, 0.3) is 11.4 Å². The molecular weight excluding hydrogens is 771 g/mol. The fourth-order valence-electron chi connectivity index (χ4n) is 7.98. The quantitative estimate of drug-likeness (QED) is 0.0642. The predicted molar refractivity (Wildman–Crippen MR) is 225 cm³/mol. The van der Waals surface area contributed by atoms with Crippen LogP contribution in [0.4, 0.5) is 21.0 Å². The summed E-state index contributed by atoms with van der Waals surface area (Å²) in [4.78, 5) is 54.3. The Kier molecular flexibility index (Phi) is 12.9. The summed E-state index contributed by atoms with van der Waals surface area (Å²) < 4.78 is 10.9. The molecule has 2 amide bonds. The molecule has 3 atom stereocenters. The van der Waals surface area contributed by atoms with Gasteiger partial charge in [0.2, 0.25) is 0 Å². The SMILES string of the molecule is CC1CN(CC2CC(SC(c3ccccc3)(c3ccccc3)c3ccccc3)CN2C(=O)OCc2ccc([N+](=O)[O-])cc2)CCN1C(=O)OCc1ccc([N+](=O)[O-])cc1. The van der Waals surface area contributed by atoms with E-state index < -0.39 is 26.8 Å². The van der Waals surface area contributed by atoms with Crippen LogP contribution in [0.1, 0.15) is 41.2 Å². The van der Waals surface area contributed by atoms with Crippen molar-refractivity contribution in [2.24, 2.45) is 0 Å².